The summed E-state index contributed by atoms with van der Waals surface area (Å²) in [6.45, 7) is 1.15. The molecule has 0 amide bonds. The lowest BCUT2D eigenvalue weighted by atomic mass is 9.83. The fourth-order valence-corrected chi connectivity index (χ4v) is 2.45. The van der Waals surface area contributed by atoms with Gasteiger partial charge < -0.3 is 9.73 Å². The molecule has 0 spiro atoms. The maximum atomic E-state index is 5.53. The highest BCUT2D eigenvalue weighted by molar-refractivity contribution is 5.08. The number of hydrogen-bond donors (Lipinski definition) is 1. The van der Waals surface area contributed by atoms with Gasteiger partial charge in [-0.1, -0.05) is 6.42 Å². The van der Waals surface area contributed by atoms with Crippen LogP contribution in [0.5, 0.6) is 0 Å². The molecule has 2 aliphatic rings. The van der Waals surface area contributed by atoms with Crippen molar-refractivity contribution in [3.05, 3.63) is 17.8 Å². The number of nitrogens with zero attached hydrogens (tertiary/aromatic N) is 1. The predicted octanol–water partition coefficient (Wildman–Crippen LogP) is 2.24. The summed E-state index contributed by atoms with van der Waals surface area (Å²) < 4.78 is 5.53. The largest absolute Gasteiger partial charge is 0.449 e. The summed E-state index contributed by atoms with van der Waals surface area (Å²) in [5.41, 5.74) is 1.19. The fourth-order valence-electron chi connectivity index (χ4n) is 2.45. The minimum Gasteiger partial charge on any atom is -0.449 e. The average molecular weight is 206 g/mol. The first kappa shape index (κ1) is 9.40. The predicted molar refractivity (Wildman–Crippen MR) is 57.8 cm³/mol. The van der Waals surface area contributed by atoms with Gasteiger partial charge in [-0.25, -0.2) is 4.98 Å². The summed E-state index contributed by atoms with van der Waals surface area (Å²) in [6.07, 6.45) is 9.35. The summed E-state index contributed by atoms with van der Waals surface area (Å²) in [5.74, 6) is 1.62. The Morgan fingerprint density at radius 1 is 1.33 bits per heavy atom. The lowest BCUT2D eigenvalue weighted by Crippen LogP contribution is -2.23. The molecule has 0 bridgehead atoms. The third-order valence-electron chi connectivity index (χ3n) is 3.68. The van der Waals surface area contributed by atoms with E-state index in [0.717, 1.165) is 18.9 Å². The van der Waals surface area contributed by atoms with Gasteiger partial charge >= 0.3 is 0 Å². The van der Waals surface area contributed by atoms with Crippen molar-refractivity contribution < 1.29 is 4.42 Å². The van der Waals surface area contributed by atoms with Crippen LogP contribution in [-0.4, -0.2) is 17.6 Å². The normalized spacial score (nSPS) is 26.8. The molecule has 1 aromatic heterocycles. The number of nitrogens with one attached hydrogen (secondary N) is 1. The molecule has 1 aromatic rings. The molecule has 1 N–H and O–H groups in total. The van der Waals surface area contributed by atoms with Gasteiger partial charge in [-0.05, 0) is 32.2 Å². The Labute approximate surface area is 90.3 Å². The minimum atomic E-state index is 0.595. The fraction of sp³-hybridized carbons (Fsp3) is 0.750. The number of hydrogen-bond acceptors (Lipinski definition) is 3. The molecule has 1 aliphatic carbocycles. The highest BCUT2D eigenvalue weighted by atomic mass is 16.3. The molecule has 2 heterocycles. The third kappa shape index (κ3) is 1.93. The second-order valence-corrected chi connectivity index (χ2v) is 4.79. The molecule has 1 aliphatic heterocycles. The SMILES string of the molecule is c1oc(CC2CCCN2)nc1C1CCC1. The first-order chi connectivity index (χ1) is 7.42. The number of rotatable bonds is 3. The minimum absolute atomic E-state index is 0.595. The first-order valence-electron chi connectivity index (χ1n) is 6.09. The zero-order chi connectivity index (χ0) is 10.1. The smallest absolute Gasteiger partial charge is 0.195 e. The topological polar surface area (TPSA) is 38.1 Å². The Hall–Kier alpha value is -0.830. The van der Waals surface area contributed by atoms with Crippen LogP contribution in [0, 0.1) is 0 Å². The van der Waals surface area contributed by atoms with Crippen molar-refractivity contribution in [1.29, 1.82) is 0 Å². The Morgan fingerprint density at radius 2 is 2.27 bits per heavy atom. The zero-order valence-electron chi connectivity index (χ0n) is 9.04. The quantitative estimate of drug-likeness (QED) is 0.824. The van der Waals surface area contributed by atoms with Gasteiger partial charge in [0.05, 0.1) is 5.69 Å². The van der Waals surface area contributed by atoms with Gasteiger partial charge in [-0.2, -0.15) is 0 Å². The average Bonchev–Trinajstić information content (AvgIpc) is 2.75. The third-order valence-corrected chi connectivity index (χ3v) is 3.68. The van der Waals surface area contributed by atoms with Crippen molar-refractivity contribution >= 4 is 0 Å². The summed E-state index contributed by atoms with van der Waals surface area (Å²) in [6, 6.07) is 0.595. The van der Waals surface area contributed by atoms with Crippen LogP contribution in [0.15, 0.2) is 10.7 Å². The summed E-state index contributed by atoms with van der Waals surface area (Å²) in [5, 5.41) is 3.47. The molecular weight excluding hydrogens is 188 g/mol. The molecule has 82 valence electrons. The molecule has 3 nitrogen and oxygen atoms in total. The first-order valence-corrected chi connectivity index (χ1v) is 6.09. The van der Waals surface area contributed by atoms with Gasteiger partial charge in [0.2, 0.25) is 0 Å². The van der Waals surface area contributed by atoms with E-state index in [1.807, 2.05) is 6.26 Å². The van der Waals surface area contributed by atoms with Crippen LogP contribution < -0.4 is 5.32 Å². The Balaban J connectivity index is 1.62. The number of oxazole rings is 1. The van der Waals surface area contributed by atoms with Crippen LogP contribution in [0.4, 0.5) is 0 Å². The van der Waals surface area contributed by atoms with Gasteiger partial charge in [-0.3, -0.25) is 0 Å². The molecule has 0 radical (unpaired) electrons. The van der Waals surface area contributed by atoms with Crippen molar-refractivity contribution in [2.45, 2.75) is 50.5 Å². The van der Waals surface area contributed by atoms with E-state index in [1.54, 1.807) is 0 Å². The van der Waals surface area contributed by atoms with Gasteiger partial charge in [0.15, 0.2) is 5.89 Å². The summed E-state index contributed by atoms with van der Waals surface area (Å²) in [4.78, 5) is 4.59. The van der Waals surface area contributed by atoms with Crippen molar-refractivity contribution in [3.63, 3.8) is 0 Å². The second-order valence-electron chi connectivity index (χ2n) is 4.79. The van der Waals surface area contributed by atoms with Gasteiger partial charge in [0.25, 0.3) is 0 Å². The highest BCUT2D eigenvalue weighted by Gasteiger charge is 2.24. The molecule has 1 atom stereocenters. The zero-order valence-corrected chi connectivity index (χ0v) is 9.04. The van der Waals surface area contributed by atoms with Gasteiger partial charge in [0, 0.05) is 18.4 Å². The number of aromatic nitrogens is 1. The van der Waals surface area contributed by atoms with Crippen molar-refractivity contribution in [2.24, 2.45) is 0 Å². The van der Waals surface area contributed by atoms with E-state index in [9.17, 15) is 0 Å². The summed E-state index contributed by atoms with van der Waals surface area (Å²) >= 11 is 0. The Kier molecular flexibility index (Phi) is 2.49. The van der Waals surface area contributed by atoms with Crippen LogP contribution in [0.1, 0.15) is 49.6 Å². The van der Waals surface area contributed by atoms with Crippen molar-refractivity contribution in [1.82, 2.24) is 10.3 Å². The second kappa shape index (κ2) is 3.97. The maximum Gasteiger partial charge on any atom is 0.195 e. The van der Waals surface area contributed by atoms with Crippen molar-refractivity contribution in [3.8, 4) is 0 Å². The highest BCUT2D eigenvalue weighted by Crippen LogP contribution is 2.35. The molecule has 15 heavy (non-hydrogen) atoms. The molecule has 3 heteroatoms. The van der Waals surface area contributed by atoms with Crippen LogP contribution in [0.3, 0.4) is 0 Å². The van der Waals surface area contributed by atoms with Crippen LogP contribution in [-0.2, 0) is 6.42 Å². The van der Waals surface area contributed by atoms with Crippen molar-refractivity contribution in [2.75, 3.05) is 6.54 Å². The van der Waals surface area contributed by atoms with E-state index in [0.29, 0.717) is 12.0 Å². The Morgan fingerprint density at radius 3 is 2.93 bits per heavy atom. The maximum absolute atomic E-state index is 5.53. The molecule has 1 saturated heterocycles. The van der Waals surface area contributed by atoms with Crippen LogP contribution in [0.25, 0.3) is 0 Å². The van der Waals surface area contributed by atoms with E-state index >= 15 is 0 Å². The molecule has 3 rings (SSSR count). The van der Waals surface area contributed by atoms with E-state index in [-0.39, 0.29) is 0 Å². The monoisotopic (exact) mass is 206 g/mol. The van der Waals surface area contributed by atoms with Crippen LogP contribution in [0.2, 0.25) is 0 Å². The van der Waals surface area contributed by atoms with E-state index < -0.39 is 0 Å². The molecule has 1 unspecified atom stereocenters. The Bertz CT molecular complexity index is 324. The molecular formula is C12H18N2O. The molecule has 1 saturated carbocycles. The summed E-state index contributed by atoms with van der Waals surface area (Å²) in [7, 11) is 0. The lowest BCUT2D eigenvalue weighted by Gasteiger charge is -2.22. The van der Waals surface area contributed by atoms with Gasteiger partial charge in [0.1, 0.15) is 6.26 Å². The van der Waals surface area contributed by atoms with Gasteiger partial charge in [-0.15, -0.1) is 0 Å². The van der Waals surface area contributed by atoms with E-state index in [4.69, 9.17) is 4.42 Å². The lowest BCUT2D eigenvalue weighted by molar-refractivity contribution is 0.409. The standard InChI is InChI=1S/C12H18N2O/c1-3-9(4-1)11-8-15-12(14-11)7-10-5-2-6-13-10/h8-10,13H,1-7H2. The van der Waals surface area contributed by atoms with E-state index in [1.165, 1.54) is 37.8 Å². The van der Waals surface area contributed by atoms with Crippen LogP contribution >= 0.6 is 0 Å². The molecule has 0 aromatic carbocycles. The molecule has 2 fully saturated rings. The van der Waals surface area contributed by atoms with E-state index in [2.05, 4.69) is 10.3 Å².